The van der Waals surface area contributed by atoms with Crippen LogP contribution in [0.1, 0.15) is 35.6 Å². The molecule has 0 spiro atoms. The highest BCUT2D eigenvalue weighted by molar-refractivity contribution is 5.91. The minimum atomic E-state index is -4.50. The normalized spacial score (nSPS) is 11.7. The van der Waals surface area contributed by atoms with Gasteiger partial charge in [-0.3, -0.25) is 9.59 Å². The minimum Gasteiger partial charge on any atom is -0.340 e. The van der Waals surface area contributed by atoms with Crippen LogP contribution in [0.3, 0.4) is 0 Å². The molecule has 1 amide bonds. The first-order valence-electron chi connectivity index (χ1n) is 8.04. The first-order chi connectivity index (χ1) is 12.0. The zero-order valence-corrected chi connectivity index (χ0v) is 15.0. The van der Waals surface area contributed by atoms with Crippen molar-refractivity contribution in [3.63, 3.8) is 0 Å². The number of benzene rings is 1. The molecular formula is C18H20F3N3O2. The molecule has 0 aliphatic carbocycles. The maximum Gasteiger partial charge on any atom is 0.416 e. The Morgan fingerprint density at radius 2 is 1.92 bits per heavy atom. The fourth-order valence-electron chi connectivity index (χ4n) is 2.58. The topological polar surface area (TPSA) is 55.2 Å². The molecule has 0 N–H and O–H groups in total. The monoisotopic (exact) mass is 367 g/mol. The molecule has 1 heterocycles. The first kappa shape index (κ1) is 19.7. The van der Waals surface area contributed by atoms with Gasteiger partial charge in [-0.25, -0.2) is 4.68 Å². The Balaban J connectivity index is 2.52. The van der Waals surface area contributed by atoms with E-state index in [0.717, 1.165) is 12.1 Å². The van der Waals surface area contributed by atoms with Crippen molar-refractivity contribution in [2.75, 3.05) is 13.6 Å². The van der Waals surface area contributed by atoms with Crippen LogP contribution in [0.2, 0.25) is 0 Å². The molecule has 2 rings (SSSR count). The number of carbonyl (C=O) groups is 1. The van der Waals surface area contributed by atoms with Gasteiger partial charge in [0.05, 0.1) is 11.3 Å². The van der Waals surface area contributed by atoms with Crippen LogP contribution in [0.15, 0.2) is 35.1 Å². The van der Waals surface area contributed by atoms with Gasteiger partial charge in [0.25, 0.3) is 5.91 Å². The summed E-state index contributed by atoms with van der Waals surface area (Å²) in [6, 6.07) is 5.76. The molecule has 0 saturated heterocycles. The van der Waals surface area contributed by atoms with Gasteiger partial charge in [-0.05, 0) is 31.0 Å². The van der Waals surface area contributed by atoms with E-state index in [1.54, 1.807) is 14.0 Å². The van der Waals surface area contributed by atoms with Crippen molar-refractivity contribution in [2.45, 2.75) is 26.9 Å². The predicted octanol–water partition coefficient (Wildman–Crippen LogP) is 3.29. The highest BCUT2D eigenvalue weighted by atomic mass is 19.4. The van der Waals surface area contributed by atoms with Crippen molar-refractivity contribution >= 4 is 5.91 Å². The minimum absolute atomic E-state index is 0.123. The van der Waals surface area contributed by atoms with Crippen molar-refractivity contribution in [1.29, 1.82) is 0 Å². The quantitative estimate of drug-likeness (QED) is 0.833. The molecule has 2 aromatic rings. The van der Waals surface area contributed by atoms with Gasteiger partial charge >= 0.3 is 6.18 Å². The summed E-state index contributed by atoms with van der Waals surface area (Å²) in [5.74, 6) is -0.371. The van der Waals surface area contributed by atoms with E-state index in [2.05, 4.69) is 5.10 Å². The van der Waals surface area contributed by atoms with Gasteiger partial charge in [-0.2, -0.15) is 18.3 Å². The fraction of sp³-hybridized carbons (Fsp3) is 0.389. The van der Waals surface area contributed by atoms with E-state index in [1.807, 2.05) is 13.8 Å². The number of amides is 1. The van der Waals surface area contributed by atoms with E-state index in [0.29, 0.717) is 12.2 Å². The van der Waals surface area contributed by atoms with E-state index < -0.39 is 23.1 Å². The Kier molecular flexibility index (Phi) is 5.53. The molecule has 1 aromatic heterocycles. The summed E-state index contributed by atoms with van der Waals surface area (Å²) in [6.45, 7) is 5.82. The van der Waals surface area contributed by atoms with Crippen molar-refractivity contribution in [3.8, 4) is 5.69 Å². The molecule has 0 unspecified atom stereocenters. The molecular weight excluding hydrogens is 347 g/mol. The molecule has 26 heavy (non-hydrogen) atoms. The number of aryl methyl sites for hydroxylation is 1. The second-order valence-corrected chi connectivity index (χ2v) is 6.54. The van der Waals surface area contributed by atoms with Gasteiger partial charge < -0.3 is 4.90 Å². The number of halogens is 3. The highest BCUT2D eigenvalue weighted by Gasteiger charge is 2.30. The number of alkyl halides is 3. The lowest BCUT2D eigenvalue weighted by Crippen LogP contribution is -2.35. The van der Waals surface area contributed by atoms with E-state index in [9.17, 15) is 22.8 Å². The maximum absolute atomic E-state index is 12.9. The van der Waals surface area contributed by atoms with Crippen LogP contribution in [0.25, 0.3) is 5.69 Å². The number of nitrogens with zero attached hydrogens (tertiary/aromatic N) is 3. The lowest BCUT2D eigenvalue weighted by Gasteiger charge is -2.19. The zero-order valence-electron chi connectivity index (χ0n) is 15.0. The van der Waals surface area contributed by atoms with Gasteiger partial charge in [0.15, 0.2) is 5.69 Å². The van der Waals surface area contributed by atoms with Crippen LogP contribution in [-0.2, 0) is 6.18 Å². The average molecular weight is 367 g/mol. The second-order valence-electron chi connectivity index (χ2n) is 6.54. The van der Waals surface area contributed by atoms with Crippen LogP contribution in [-0.4, -0.2) is 34.2 Å². The van der Waals surface area contributed by atoms with Gasteiger partial charge in [0.1, 0.15) is 0 Å². The summed E-state index contributed by atoms with van der Waals surface area (Å²) in [5, 5.41) is 4.04. The van der Waals surface area contributed by atoms with Gasteiger partial charge in [-0.15, -0.1) is 0 Å². The van der Waals surface area contributed by atoms with Crippen molar-refractivity contribution in [3.05, 3.63) is 57.5 Å². The lowest BCUT2D eigenvalue weighted by molar-refractivity contribution is -0.137. The molecule has 0 bridgehead atoms. The maximum atomic E-state index is 12.9. The van der Waals surface area contributed by atoms with Crippen LogP contribution < -0.4 is 5.43 Å². The lowest BCUT2D eigenvalue weighted by atomic mass is 10.2. The number of hydrogen-bond acceptors (Lipinski definition) is 3. The summed E-state index contributed by atoms with van der Waals surface area (Å²) < 4.78 is 40.0. The third-order valence-electron chi connectivity index (χ3n) is 3.71. The zero-order chi connectivity index (χ0) is 19.6. The number of rotatable bonds is 4. The Hall–Kier alpha value is -2.64. The van der Waals surface area contributed by atoms with Crippen molar-refractivity contribution < 1.29 is 18.0 Å². The Morgan fingerprint density at radius 1 is 1.27 bits per heavy atom. The molecule has 8 heteroatoms. The summed E-state index contributed by atoms with van der Waals surface area (Å²) in [7, 11) is 1.55. The third kappa shape index (κ3) is 4.30. The summed E-state index contributed by atoms with van der Waals surface area (Å²) >= 11 is 0. The smallest absolute Gasteiger partial charge is 0.340 e. The van der Waals surface area contributed by atoms with E-state index in [-0.39, 0.29) is 17.3 Å². The number of aromatic nitrogens is 2. The molecule has 0 aliphatic heterocycles. The van der Waals surface area contributed by atoms with Gasteiger partial charge in [0.2, 0.25) is 5.43 Å². The standard InChI is InChI=1S/C18H20F3N3O2/c1-11(2)10-23(4)17(26)16-15(25)8-12(3)24(22-16)14-7-5-6-13(9-14)18(19,20)21/h5-9,11H,10H2,1-4H3. The molecule has 5 nitrogen and oxygen atoms in total. The van der Waals surface area contributed by atoms with E-state index >= 15 is 0 Å². The SMILES string of the molecule is Cc1cc(=O)c(C(=O)N(C)CC(C)C)nn1-c1cccc(C(F)(F)F)c1. The molecule has 0 atom stereocenters. The van der Waals surface area contributed by atoms with Gasteiger partial charge in [-0.1, -0.05) is 19.9 Å². The Labute approximate surface area is 149 Å². The Bertz CT molecular complexity index is 873. The molecule has 0 aliphatic rings. The molecule has 0 fully saturated rings. The average Bonchev–Trinajstić information content (AvgIpc) is 2.53. The van der Waals surface area contributed by atoms with Crippen LogP contribution in [0, 0.1) is 12.8 Å². The van der Waals surface area contributed by atoms with E-state index in [1.165, 1.54) is 27.8 Å². The fourth-order valence-corrected chi connectivity index (χ4v) is 2.58. The Morgan fingerprint density at radius 3 is 2.50 bits per heavy atom. The first-order valence-corrected chi connectivity index (χ1v) is 8.04. The summed E-state index contributed by atoms with van der Waals surface area (Å²) in [6.07, 6.45) is -4.50. The number of carbonyl (C=O) groups excluding carboxylic acids is 1. The number of hydrogen-bond donors (Lipinski definition) is 0. The van der Waals surface area contributed by atoms with Crippen molar-refractivity contribution in [2.24, 2.45) is 5.92 Å². The van der Waals surface area contributed by atoms with Crippen LogP contribution in [0.5, 0.6) is 0 Å². The van der Waals surface area contributed by atoms with E-state index in [4.69, 9.17) is 0 Å². The summed E-state index contributed by atoms with van der Waals surface area (Å²) in [4.78, 5) is 26.0. The molecule has 1 aromatic carbocycles. The van der Waals surface area contributed by atoms with Gasteiger partial charge in [0, 0.05) is 25.4 Å². The highest BCUT2D eigenvalue weighted by Crippen LogP contribution is 2.30. The molecule has 0 saturated carbocycles. The summed E-state index contributed by atoms with van der Waals surface area (Å²) in [5.41, 5.74) is -1.27. The van der Waals surface area contributed by atoms with Crippen LogP contribution in [0.4, 0.5) is 13.2 Å². The molecule has 0 radical (unpaired) electrons. The third-order valence-corrected chi connectivity index (χ3v) is 3.71. The largest absolute Gasteiger partial charge is 0.416 e. The van der Waals surface area contributed by atoms with Crippen molar-refractivity contribution in [1.82, 2.24) is 14.7 Å². The predicted molar refractivity (Wildman–Crippen MR) is 91.4 cm³/mol. The molecule has 140 valence electrons. The van der Waals surface area contributed by atoms with Crippen LogP contribution >= 0.6 is 0 Å². The second kappa shape index (κ2) is 7.31.